The molecule has 0 bridgehead atoms. The zero-order valence-electron chi connectivity index (χ0n) is 7.69. The van der Waals surface area contributed by atoms with Gasteiger partial charge in [0.2, 0.25) is 5.88 Å². The van der Waals surface area contributed by atoms with E-state index in [9.17, 15) is 0 Å². The predicted octanol–water partition coefficient (Wildman–Crippen LogP) is 1.66. The lowest BCUT2D eigenvalue weighted by atomic mass is 10.3. The second-order valence-corrected chi connectivity index (χ2v) is 2.81. The Morgan fingerprint density at radius 1 is 1.50 bits per heavy atom. The van der Waals surface area contributed by atoms with Crippen molar-refractivity contribution in [3.8, 4) is 11.5 Å². The molecule has 2 aromatic rings. The number of furan rings is 1. The minimum atomic E-state index is 0.268. The van der Waals surface area contributed by atoms with Gasteiger partial charge in [0.15, 0.2) is 11.5 Å². The molecule has 2 N–H and O–H groups in total. The largest absolute Gasteiger partial charge is 0.457 e. The maximum absolute atomic E-state index is 5.42. The zero-order valence-corrected chi connectivity index (χ0v) is 7.69. The monoisotopic (exact) mass is 194 g/mol. The first-order valence-electron chi connectivity index (χ1n) is 4.10. The Balaban J connectivity index is 2.24. The molecule has 74 valence electrons. The third kappa shape index (κ3) is 1.62. The Bertz CT molecular complexity index is 419. The Kier molecular flexibility index (Phi) is 2.24. The zero-order chi connectivity index (χ0) is 9.97. The fourth-order valence-electron chi connectivity index (χ4n) is 1.14. The topological polar surface area (TPSA) is 74.4 Å². The molecule has 0 spiro atoms. The van der Waals surface area contributed by atoms with Crippen LogP contribution >= 0.6 is 0 Å². The summed E-state index contributed by atoms with van der Waals surface area (Å²) < 4.78 is 15.1. The van der Waals surface area contributed by atoms with E-state index in [1.54, 1.807) is 19.2 Å². The number of hydrogen-bond donors (Lipinski definition) is 1. The summed E-state index contributed by atoms with van der Waals surface area (Å²) in [6.07, 6.45) is 0. The lowest BCUT2D eigenvalue weighted by Crippen LogP contribution is -1.81. The van der Waals surface area contributed by atoms with Crippen LogP contribution in [0.15, 0.2) is 27.1 Å². The standard InChI is InChI=1S/C9H10N2O3/c1-12-5-6-2-3-8(13-6)7-4-9(10)14-11-7/h2-4H,5,10H2,1H3. The normalized spacial score (nSPS) is 10.6. The summed E-state index contributed by atoms with van der Waals surface area (Å²) in [6, 6.07) is 5.23. The summed E-state index contributed by atoms with van der Waals surface area (Å²) in [6.45, 7) is 0.438. The van der Waals surface area contributed by atoms with E-state index < -0.39 is 0 Å². The summed E-state index contributed by atoms with van der Waals surface area (Å²) in [5.41, 5.74) is 5.97. The molecule has 0 fully saturated rings. The fourth-order valence-corrected chi connectivity index (χ4v) is 1.14. The van der Waals surface area contributed by atoms with Gasteiger partial charge in [-0.05, 0) is 12.1 Å². The molecule has 0 atom stereocenters. The third-order valence-corrected chi connectivity index (χ3v) is 1.73. The molecule has 0 amide bonds. The van der Waals surface area contributed by atoms with Crippen molar-refractivity contribution in [3.63, 3.8) is 0 Å². The van der Waals surface area contributed by atoms with Gasteiger partial charge in [-0.3, -0.25) is 0 Å². The number of nitrogen functional groups attached to an aromatic ring is 1. The summed E-state index contributed by atoms with van der Waals surface area (Å²) in [7, 11) is 1.61. The molecule has 2 aromatic heterocycles. The molecule has 0 unspecified atom stereocenters. The Morgan fingerprint density at radius 2 is 2.36 bits per heavy atom. The van der Waals surface area contributed by atoms with E-state index in [1.165, 1.54) is 0 Å². The number of methoxy groups -OCH3 is 1. The van der Waals surface area contributed by atoms with E-state index in [1.807, 2.05) is 6.07 Å². The number of nitrogens with two attached hydrogens (primary N) is 1. The highest BCUT2D eigenvalue weighted by Crippen LogP contribution is 2.22. The van der Waals surface area contributed by atoms with Crippen molar-refractivity contribution in [2.75, 3.05) is 12.8 Å². The molecule has 0 saturated carbocycles. The highest BCUT2D eigenvalue weighted by molar-refractivity contribution is 5.54. The van der Waals surface area contributed by atoms with Gasteiger partial charge in [-0.2, -0.15) is 0 Å². The number of nitrogens with zero attached hydrogens (tertiary/aromatic N) is 1. The van der Waals surface area contributed by atoms with Crippen LogP contribution < -0.4 is 5.73 Å². The van der Waals surface area contributed by atoms with Gasteiger partial charge in [0.05, 0.1) is 0 Å². The van der Waals surface area contributed by atoms with E-state index in [0.717, 1.165) is 5.76 Å². The molecule has 0 aromatic carbocycles. The number of hydrogen-bond acceptors (Lipinski definition) is 5. The number of anilines is 1. The number of aromatic nitrogens is 1. The fraction of sp³-hybridized carbons (Fsp3) is 0.222. The van der Waals surface area contributed by atoms with Crippen LogP contribution in [0.5, 0.6) is 0 Å². The van der Waals surface area contributed by atoms with Gasteiger partial charge in [-0.1, -0.05) is 5.16 Å². The SMILES string of the molecule is COCc1ccc(-c2cc(N)on2)o1. The minimum Gasteiger partial charge on any atom is -0.457 e. The van der Waals surface area contributed by atoms with Crippen LogP contribution in [0, 0.1) is 0 Å². The summed E-state index contributed by atoms with van der Waals surface area (Å²) in [5.74, 6) is 1.63. The minimum absolute atomic E-state index is 0.268. The Morgan fingerprint density at radius 3 is 3.00 bits per heavy atom. The summed E-state index contributed by atoms with van der Waals surface area (Å²) >= 11 is 0. The maximum Gasteiger partial charge on any atom is 0.222 e. The molecule has 0 aliphatic heterocycles. The highest BCUT2D eigenvalue weighted by atomic mass is 16.5. The van der Waals surface area contributed by atoms with Gasteiger partial charge in [-0.15, -0.1) is 0 Å². The van der Waals surface area contributed by atoms with Crippen molar-refractivity contribution in [2.45, 2.75) is 6.61 Å². The van der Waals surface area contributed by atoms with Crippen LogP contribution in [0.4, 0.5) is 5.88 Å². The molecule has 5 heteroatoms. The van der Waals surface area contributed by atoms with Crippen LogP contribution in [0.25, 0.3) is 11.5 Å². The van der Waals surface area contributed by atoms with Gasteiger partial charge in [-0.25, -0.2) is 0 Å². The van der Waals surface area contributed by atoms with E-state index in [-0.39, 0.29) is 5.88 Å². The second-order valence-electron chi connectivity index (χ2n) is 2.81. The maximum atomic E-state index is 5.42. The van der Waals surface area contributed by atoms with Gasteiger partial charge in [0.1, 0.15) is 12.4 Å². The van der Waals surface area contributed by atoms with Gasteiger partial charge in [0, 0.05) is 13.2 Å². The second kappa shape index (κ2) is 3.55. The van der Waals surface area contributed by atoms with Crippen molar-refractivity contribution in [2.24, 2.45) is 0 Å². The van der Waals surface area contributed by atoms with Gasteiger partial charge in [0.25, 0.3) is 0 Å². The van der Waals surface area contributed by atoms with Crippen molar-refractivity contribution in [1.82, 2.24) is 5.16 Å². The molecular formula is C9H10N2O3. The van der Waals surface area contributed by atoms with Crippen molar-refractivity contribution in [1.29, 1.82) is 0 Å². The smallest absolute Gasteiger partial charge is 0.222 e. The molecule has 0 aliphatic rings. The van der Waals surface area contributed by atoms with E-state index in [0.29, 0.717) is 18.1 Å². The van der Waals surface area contributed by atoms with E-state index in [2.05, 4.69) is 5.16 Å². The lowest BCUT2D eigenvalue weighted by molar-refractivity contribution is 0.165. The Labute approximate surface area is 80.4 Å². The van der Waals surface area contributed by atoms with Crippen LogP contribution in [0.1, 0.15) is 5.76 Å². The number of rotatable bonds is 3. The molecule has 0 saturated heterocycles. The average Bonchev–Trinajstić information content (AvgIpc) is 2.74. The predicted molar refractivity (Wildman–Crippen MR) is 49.3 cm³/mol. The van der Waals surface area contributed by atoms with E-state index in [4.69, 9.17) is 19.4 Å². The molecule has 2 heterocycles. The lowest BCUT2D eigenvalue weighted by Gasteiger charge is -1.91. The van der Waals surface area contributed by atoms with Gasteiger partial charge >= 0.3 is 0 Å². The van der Waals surface area contributed by atoms with Crippen LogP contribution in [-0.2, 0) is 11.3 Å². The summed E-state index contributed by atoms with van der Waals surface area (Å²) in [4.78, 5) is 0. The molecule has 2 rings (SSSR count). The first-order chi connectivity index (χ1) is 6.79. The van der Waals surface area contributed by atoms with Crippen molar-refractivity contribution < 1.29 is 13.7 Å². The molecule has 14 heavy (non-hydrogen) atoms. The Hall–Kier alpha value is -1.75. The molecule has 0 radical (unpaired) electrons. The number of ether oxygens (including phenoxy) is 1. The molecular weight excluding hydrogens is 184 g/mol. The first-order valence-corrected chi connectivity index (χ1v) is 4.10. The first kappa shape index (κ1) is 8.83. The average molecular weight is 194 g/mol. The third-order valence-electron chi connectivity index (χ3n) is 1.73. The van der Waals surface area contributed by atoms with Crippen LogP contribution in [0.2, 0.25) is 0 Å². The van der Waals surface area contributed by atoms with Crippen molar-refractivity contribution in [3.05, 3.63) is 24.0 Å². The van der Waals surface area contributed by atoms with E-state index >= 15 is 0 Å². The quantitative estimate of drug-likeness (QED) is 0.804. The van der Waals surface area contributed by atoms with Crippen LogP contribution in [0.3, 0.4) is 0 Å². The molecule has 0 aliphatic carbocycles. The van der Waals surface area contributed by atoms with Crippen molar-refractivity contribution >= 4 is 5.88 Å². The summed E-state index contributed by atoms with van der Waals surface area (Å²) in [5, 5.41) is 3.72. The molecule has 5 nitrogen and oxygen atoms in total. The van der Waals surface area contributed by atoms with Gasteiger partial charge < -0.3 is 19.4 Å². The highest BCUT2D eigenvalue weighted by Gasteiger charge is 2.08. The van der Waals surface area contributed by atoms with Crippen LogP contribution in [-0.4, -0.2) is 12.3 Å².